The lowest BCUT2D eigenvalue weighted by Crippen LogP contribution is -2.37. The van der Waals surface area contributed by atoms with Crippen molar-refractivity contribution in [2.45, 2.75) is 26.3 Å². The number of carbonyl (C=O) groups is 1. The average molecular weight is 160 g/mol. The SMILES string of the molecule is CC(C)N(CN)CCC(=O)O. The minimum absolute atomic E-state index is 0.162. The van der Waals surface area contributed by atoms with Crippen molar-refractivity contribution in [3.05, 3.63) is 0 Å². The molecule has 11 heavy (non-hydrogen) atoms. The first kappa shape index (κ1) is 10.4. The molecular formula is C7H16N2O2. The van der Waals surface area contributed by atoms with Crippen LogP contribution in [0.15, 0.2) is 0 Å². The summed E-state index contributed by atoms with van der Waals surface area (Å²) in [6.45, 7) is 4.94. The Kier molecular flexibility index (Phi) is 4.81. The van der Waals surface area contributed by atoms with Gasteiger partial charge >= 0.3 is 5.97 Å². The van der Waals surface area contributed by atoms with Crippen LogP contribution in [0, 0.1) is 0 Å². The van der Waals surface area contributed by atoms with Crippen molar-refractivity contribution in [1.29, 1.82) is 0 Å². The minimum Gasteiger partial charge on any atom is -0.481 e. The number of carboxylic acid groups (broad SMARTS) is 1. The van der Waals surface area contributed by atoms with Crippen molar-refractivity contribution in [3.8, 4) is 0 Å². The fraction of sp³-hybridized carbons (Fsp3) is 0.857. The molecule has 4 heteroatoms. The van der Waals surface area contributed by atoms with Gasteiger partial charge in [0.2, 0.25) is 0 Å². The predicted octanol–water partition coefficient (Wildman–Crippen LogP) is 0.0877. The van der Waals surface area contributed by atoms with Crippen LogP contribution in [0.3, 0.4) is 0 Å². The minimum atomic E-state index is -0.774. The summed E-state index contributed by atoms with van der Waals surface area (Å²) in [6.07, 6.45) is 0.162. The molecule has 0 radical (unpaired) electrons. The Labute approximate surface area is 67.0 Å². The lowest BCUT2D eigenvalue weighted by atomic mass is 10.3. The van der Waals surface area contributed by atoms with Crippen molar-refractivity contribution >= 4 is 5.97 Å². The second-order valence-electron chi connectivity index (χ2n) is 2.73. The van der Waals surface area contributed by atoms with E-state index < -0.39 is 5.97 Å². The molecule has 0 fully saturated rings. The van der Waals surface area contributed by atoms with E-state index in [0.29, 0.717) is 19.3 Å². The monoisotopic (exact) mass is 160 g/mol. The number of hydrogen-bond donors (Lipinski definition) is 2. The van der Waals surface area contributed by atoms with Gasteiger partial charge in [0.1, 0.15) is 0 Å². The fourth-order valence-electron chi connectivity index (χ4n) is 0.800. The number of nitrogens with two attached hydrogens (primary N) is 1. The van der Waals surface area contributed by atoms with E-state index in [0.717, 1.165) is 0 Å². The van der Waals surface area contributed by atoms with E-state index in [4.69, 9.17) is 10.8 Å². The molecule has 3 N–H and O–H groups in total. The van der Waals surface area contributed by atoms with Gasteiger partial charge in [0.15, 0.2) is 0 Å². The molecule has 0 aromatic rings. The summed E-state index contributed by atoms with van der Waals surface area (Å²) in [5, 5.41) is 8.37. The molecule has 0 aliphatic heterocycles. The maximum absolute atomic E-state index is 10.2. The molecule has 0 aliphatic rings. The third-order valence-corrected chi connectivity index (χ3v) is 1.58. The van der Waals surface area contributed by atoms with Gasteiger partial charge < -0.3 is 10.8 Å². The highest BCUT2D eigenvalue weighted by molar-refractivity contribution is 5.66. The van der Waals surface area contributed by atoms with Crippen LogP contribution in [0.2, 0.25) is 0 Å². The summed E-state index contributed by atoms with van der Waals surface area (Å²) in [7, 11) is 0. The van der Waals surface area contributed by atoms with Gasteiger partial charge in [-0.15, -0.1) is 0 Å². The Balaban J connectivity index is 3.61. The Morgan fingerprint density at radius 1 is 1.64 bits per heavy atom. The lowest BCUT2D eigenvalue weighted by Gasteiger charge is -2.23. The number of rotatable bonds is 5. The van der Waals surface area contributed by atoms with E-state index in [1.807, 2.05) is 18.7 Å². The number of carboxylic acids is 1. The van der Waals surface area contributed by atoms with Gasteiger partial charge in [-0.25, -0.2) is 0 Å². The quantitative estimate of drug-likeness (QED) is 0.559. The molecule has 0 aromatic carbocycles. The van der Waals surface area contributed by atoms with E-state index in [9.17, 15) is 4.79 Å². The molecule has 0 saturated heterocycles. The Morgan fingerprint density at radius 2 is 2.18 bits per heavy atom. The van der Waals surface area contributed by atoms with Crippen LogP contribution in [-0.4, -0.2) is 35.2 Å². The standard InChI is InChI=1S/C7H16N2O2/c1-6(2)9(5-8)4-3-7(10)11/h6H,3-5,8H2,1-2H3,(H,10,11). The molecule has 0 heterocycles. The molecule has 0 rings (SSSR count). The highest BCUT2D eigenvalue weighted by atomic mass is 16.4. The molecule has 0 atom stereocenters. The third-order valence-electron chi connectivity index (χ3n) is 1.58. The summed E-state index contributed by atoms with van der Waals surface area (Å²) < 4.78 is 0. The largest absolute Gasteiger partial charge is 0.481 e. The average Bonchev–Trinajstić information content (AvgIpc) is 1.87. The smallest absolute Gasteiger partial charge is 0.304 e. The van der Waals surface area contributed by atoms with Crippen molar-refractivity contribution in [3.63, 3.8) is 0 Å². The zero-order chi connectivity index (χ0) is 8.85. The summed E-state index contributed by atoms with van der Waals surface area (Å²) >= 11 is 0. The van der Waals surface area contributed by atoms with Crippen molar-refractivity contribution in [2.24, 2.45) is 5.73 Å². The Bertz CT molecular complexity index is 126. The van der Waals surface area contributed by atoms with Crippen LogP contribution in [0.5, 0.6) is 0 Å². The zero-order valence-electron chi connectivity index (χ0n) is 7.08. The van der Waals surface area contributed by atoms with E-state index >= 15 is 0 Å². The first-order valence-electron chi connectivity index (χ1n) is 3.73. The topological polar surface area (TPSA) is 66.6 Å². The van der Waals surface area contributed by atoms with Crippen LogP contribution >= 0.6 is 0 Å². The van der Waals surface area contributed by atoms with Gasteiger partial charge in [-0.3, -0.25) is 9.69 Å². The van der Waals surface area contributed by atoms with E-state index in [-0.39, 0.29) is 6.42 Å². The number of hydrogen-bond acceptors (Lipinski definition) is 3. The maximum atomic E-state index is 10.2. The van der Waals surface area contributed by atoms with Crippen molar-refractivity contribution < 1.29 is 9.90 Å². The lowest BCUT2D eigenvalue weighted by molar-refractivity contribution is -0.137. The second-order valence-corrected chi connectivity index (χ2v) is 2.73. The van der Waals surface area contributed by atoms with Gasteiger partial charge in [0.05, 0.1) is 6.42 Å². The highest BCUT2D eigenvalue weighted by Gasteiger charge is 2.08. The summed E-state index contributed by atoms with van der Waals surface area (Å²) in [5.41, 5.74) is 5.39. The number of nitrogens with zero attached hydrogens (tertiary/aromatic N) is 1. The molecule has 0 bridgehead atoms. The first-order chi connectivity index (χ1) is 5.07. The van der Waals surface area contributed by atoms with E-state index in [1.165, 1.54) is 0 Å². The van der Waals surface area contributed by atoms with Gasteiger partial charge in [-0.05, 0) is 13.8 Å². The van der Waals surface area contributed by atoms with Gasteiger partial charge in [0.25, 0.3) is 0 Å². The molecule has 0 aromatic heterocycles. The Morgan fingerprint density at radius 3 is 2.45 bits per heavy atom. The van der Waals surface area contributed by atoms with Gasteiger partial charge in [0, 0.05) is 19.3 Å². The fourth-order valence-corrected chi connectivity index (χ4v) is 0.800. The molecular weight excluding hydrogens is 144 g/mol. The van der Waals surface area contributed by atoms with Crippen LogP contribution in [0.25, 0.3) is 0 Å². The van der Waals surface area contributed by atoms with E-state index in [2.05, 4.69) is 0 Å². The molecule has 0 saturated carbocycles. The van der Waals surface area contributed by atoms with Crippen LogP contribution < -0.4 is 5.73 Å². The summed E-state index contributed by atoms with van der Waals surface area (Å²) in [4.78, 5) is 12.1. The molecule has 66 valence electrons. The van der Waals surface area contributed by atoms with Crippen molar-refractivity contribution in [2.75, 3.05) is 13.2 Å². The zero-order valence-corrected chi connectivity index (χ0v) is 7.08. The predicted molar refractivity (Wildman–Crippen MR) is 43.1 cm³/mol. The van der Waals surface area contributed by atoms with Crippen molar-refractivity contribution in [1.82, 2.24) is 4.90 Å². The van der Waals surface area contributed by atoms with Crippen LogP contribution in [-0.2, 0) is 4.79 Å². The summed E-state index contributed by atoms with van der Waals surface area (Å²) in [6, 6.07) is 0.319. The molecule has 0 aliphatic carbocycles. The second kappa shape index (κ2) is 5.09. The molecule has 0 spiro atoms. The molecule has 4 nitrogen and oxygen atoms in total. The molecule has 0 unspecified atom stereocenters. The third kappa shape index (κ3) is 4.75. The maximum Gasteiger partial charge on any atom is 0.304 e. The van der Waals surface area contributed by atoms with Crippen LogP contribution in [0.1, 0.15) is 20.3 Å². The number of aliphatic carboxylic acids is 1. The van der Waals surface area contributed by atoms with Gasteiger partial charge in [-0.2, -0.15) is 0 Å². The van der Waals surface area contributed by atoms with Crippen LogP contribution in [0.4, 0.5) is 0 Å². The summed E-state index contributed by atoms with van der Waals surface area (Å²) in [5.74, 6) is -0.774. The highest BCUT2D eigenvalue weighted by Crippen LogP contribution is 1.96. The van der Waals surface area contributed by atoms with E-state index in [1.54, 1.807) is 0 Å². The normalized spacial score (nSPS) is 11.0. The van der Waals surface area contributed by atoms with Gasteiger partial charge in [-0.1, -0.05) is 0 Å². The Hall–Kier alpha value is -0.610. The first-order valence-corrected chi connectivity index (χ1v) is 3.73. The molecule has 0 amide bonds.